The molecule has 0 aromatic heterocycles. The maximum absolute atomic E-state index is 13.7. The predicted octanol–water partition coefficient (Wildman–Crippen LogP) is 5.79. The Bertz CT molecular complexity index is 1090. The predicted molar refractivity (Wildman–Crippen MR) is 143 cm³/mol. The zero-order valence-corrected chi connectivity index (χ0v) is 21.5. The van der Waals surface area contributed by atoms with Gasteiger partial charge in [-0.3, -0.25) is 9.59 Å². The maximum Gasteiger partial charge on any atom is 0.243 e. The summed E-state index contributed by atoms with van der Waals surface area (Å²) in [4.78, 5) is 29.0. The standard InChI is InChI=1S/C31H38N2O2/c1-5-25(4)32-31(35)29(21-27-11-7-6-8-12-27)33(22-28-13-9-10-24(3)20-28)30(34)19-18-26-16-14-23(2)15-17-26/h6-17,20,25,29H,5,18-19,21-22H2,1-4H3,(H,32,35)/t25-,29+/m0/s1. The Labute approximate surface area is 210 Å². The van der Waals surface area contributed by atoms with E-state index < -0.39 is 6.04 Å². The molecule has 0 radical (unpaired) electrons. The summed E-state index contributed by atoms with van der Waals surface area (Å²) in [5.41, 5.74) is 5.53. The minimum absolute atomic E-state index is 0.00712. The second kappa shape index (κ2) is 12.9. The average Bonchev–Trinajstić information content (AvgIpc) is 2.86. The van der Waals surface area contributed by atoms with E-state index in [4.69, 9.17) is 0 Å². The second-order valence-corrected chi connectivity index (χ2v) is 9.52. The molecule has 0 heterocycles. The summed E-state index contributed by atoms with van der Waals surface area (Å²) in [6.07, 6.45) is 2.32. The molecule has 4 nitrogen and oxygen atoms in total. The van der Waals surface area contributed by atoms with Gasteiger partial charge >= 0.3 is 0 Å². The van der Waals surface area contributed by atoms with Crippen molar-refractivity contribution in [1.82, 2.24) is 10.2 Å². The zero-order chi connectivity index (χ0) is 25.2. The molecule has 0 unspecified atom stereocenters. The van der Waals surface area contributed by atoms with Crippen LogP contribution in [0.4, 0.5) is 0 Å². The molecule has 0 aliphatic carbocycles. The quantitative estimate of drug-likeness (QED) is 0.386. The summed E-state index contributed by atoms with van der Waals surface area (Å²) in [5.74, 6) is -0.105. The molecule has 3 aromatic carbocycles. The minimum Gasteiger partial charge on any atom is -0.352 e. The molecule has 1 N–H and O–H groups in total. The second-order valence-electron chi connectivity index (χ2n) is 9.52. The lowest BCUT2D eigenvalue weighted by Gasteiger charge is -2.32. The van der Waals surface area contributed by atoms with E-state index in [0.29, 0.717) is 25.8 Å². The third-order valence-electron chi connectivity index (χ3n) is 6.46. The largest absolute Gasteiger partial charge is 0.352 e. The molecule has 184 valence electrons. The van der Waals surface area contributed by atoms with Crippen molar-refractivity contribution < 1.29 is 9.59 Å². The molecular formula is C31H38N2O2. The van der Waals surface area contributed by atoms with E-state index in [1.54, 1.807) is 4.90 Å². The van der Waals surface area contributed by atoms with Crippen LogP contribution in [-0.2, 0) is 29.0 Å². The lowest BCUT2D eigenvalue weighted by molar-refractivity contribution is -0.141. The van der Waals surface area contributed by atoms with Gasteiger partial charge in [0.15, 0.2) is 0 Å². The highest BCUT2D eigenvalue weighted by Crippen LogP contribution is 2.18. The van der Waals surface area contributed by atoms with Crippen LogP contribution in [-0.4, -0.2) is 28.8 Å². The summed E-state index contributed by atoms with van der Waals surface area (Å²) < 4.78 is 0. The van der Waals surface area contributed by atoms with Crippen molar-refractivity contribution in [3.8, 4) is 0 Å². The van der Waals surface area contributed by atoms with Crippen molar-refractivity contribution in [1.29, 1.82) is 0 Å². The molecular weight excluding hydrogens is 432 g/mol. The van der Waals surface area contributed by atoms with E-state index in [1.807, 2.05) is 69.3 Å². The molecule has 4 heteroatoms. The van der Waals surface area contributed by atoms with Gasteiger partial charge in [-0.05, 0) is 50.3 Å². The van der Waals surface area contributed by atoms with Gasteiger partial charge in [-0.15, -0.1) is 0 Å². The fourth-order valence-corrected chi connectivity index (χ4v) is 4.15. The summed E-state index contributed by atoms with van der Waals surface area (Å²) in [5, 5.41) is 3.13. The van der Waals surface area contributed by atoms with Gasteiger partial charge in [-0.25, -0.2) is 0 Å². The maximum atomic E-state index is 13.7. The van der Waals surface area contributed by atoms with Crippen molar-refractivity contribution in [2.75, 3.05) is 0 Å². The number of benzene rings is 3. The third kappa shape index (κ3) is 8.10. The van der Waals surface area contributed by atoms with Crippen LogP contribution in [0.25, 0.3) is 0 Å². The topological polar surface area (TPSA) is 49.4 Å². The number of carbonyl (C=O) groups excluding carboxylic acids is 2. The van der Waals surface area contributed by atoms with E-state index >= 15 is 0 Å². The fraction of sp³-hybridized carbons (Fsp3) is 0.355. The Morgan fingerprint density at radius 2 is 1.51 bits per heavy atom. The Balaban J connectivity index is 1.90. The van der Waals surface area contributed by atoms with Crippen LogP contribution in [0.5, 0.6) is 0 Å². The van der Waals surface area contributed by atoms with Crippen molar-refractivity contribution in [3.63, 3.8) is 0 Å². The summed E-state index contributed by atoms with van der Waals surface area (Å²) in [6, 6.07) is 25.9. The molecule has 0 aliphatic rings. The molecule has 0 fully saturated rings. The Kier molecular flexibility index (Phi) is 9.66. The van der Waals surface area contributed by atoms with E-state index in [-0.39, 0.29) is 17.9 Å². The van der Waals surface area contributed by atoms with Crippen LogP contribution in [0.15, 0.2) is 78.9 Å². The molecule has 3 aromatic rings. The first-order chi connectivity index (χ1) is 16.9. The zero-order valence-electron chi connectivity index (χ0n) is 21.5. The van der Waals surface area contributed by atoms with E-state index in [1.165, 1.54) is 5.56 Å². The van der Waals surface area contributed by atoms with E-state index in [9.17, 15) is 9.59 Å². The number of carbonyl (C=O) groups is 2. The van der Waals surface area contributed by atoms with Crippen LogP contribution in [0, 0.1) is 13.8 Å². The van der Waals surface area contributed by atoms with Crippen LogP contribution >= 0.6 is 0 Å². The molecule has 2 atom stereocenters. The number of hydrogen-bond acceptors (Lipinski definition) is 2. The lowest BCUT2D eigenvalue weighted by atomic mass is 10.0. The van der Waals surface area contributed by atoms with Crippen molar-refractivity contribution in [2.24, 2.45) is 0 Å². The summed E-state index contributed by atoms with van der Waals surface area (Å²) in [7, 11) is 0. The summed E-state index contributed by atoms with van der Waals surface area (Å²) in [6.45, 7) is 8.56. The highest BCUT2D eigenvalue weighted by molar-refractivity contribution is 5.88. The number of hydrogen-bond donors (Lipinski definition) is 1. The highest BCUT2D eigenvalue weighted by Gasteiger charge is 2.30. The molecule has 0 saturated heterocycles. The van der Waals surface area contributed by atoms with Crippen LogP contribution in [0.3, 0.4) is 0 Å². The molecule has 3 rings (SSSR count). The van der Waals surface area contributed by atoms with Crippen LogP contribution in [0.1, 0.15) is 54.5 Å². The number of rotatable bonds is 11. The molecule has 0 spiro atoms. The normalized spacial score (nSPS) is 12.6. The van der Waals surface area contributed by atoms with Gasteiger partial charge in [-0.2, -0.15) is 0 Å². The first kappa shape index (κ1) is 26.2. The first-order valence-corrected chi connectivity index (χ1v) is 12.6. The Morgan fingerprint density at radius 3 is 2.17 bits per heavy atom. The summed E-state index contributed by atoms with van der Waals surface area (Å²) >= 11 is 0. The monoisotopic (exact) mass is 470 g/mol. The van der Waals surface area contributed by atoms with Crippen molar-refractivity contribution in [3.05, 3.63) is 107 Å². The highest BCUT2D eigenvalue weighted by atomic mass is 16.2. The molecule has 35 heavy (non-hydrogen) atoms. The fourth-order valence-electron chi connectivity index (χ4n) is 4.15. The Morgan fingerprint density at radius 1 is 0.829 bits per heavy atom. The smallest absolute Gasteiger partial charge is 0.243 e. The number of nitrogens with one attached hydrogen (secondary N) is 1. The van der Waals surface area contributed by atoms with E-state index in [0.717, 1.165) is 28.7 Å². The molecule has 0 bridgehead atoms. The van der Waals surface area contributed by atoms with Gasteiger partial charge in [0.1, 0.15) is 6.04 Å². The Hall–Kier alpha value is -3.40. The van der Waals surface area contributed by atoms with Crippen LogP contribution < -0.4 is 5.32 Å². The average molecular weight is 471 g/mol. The van der Waals surface area contributed by atoms with Gasteiger partial charge in [0.25, 0.3) is 0 Å². The molecule has 0 saturated carbocycles. The van der Waals surface area contributed by atoms with Crippen LogP contribution in [0.2, 0.25) is 0 Å². The van der Waals surface area contributed by atoms with Gasteiger partial charge in [0.05, 0.1) is 0 Å². The lowest BCUT2D eigenvalue weighted by Crippen LogP contribution is -2.52. The SMILES string of the molecule is CC[C@H](C)NC(=O)[C@@H](Cc1ccccc1)N(Cc1cccc(C)c1)C(=O)CCc1ccc(C)cc1. The van der Waals surface area contributed by atoms with Gasteiger partial charge < -0.3 is 10.2 Å². The molecule has 2 amide bonds. The van der Waals surface area contributed by atoms with Crippen molar-refractivity contribution >= 4 is 11.8 Å². The third-order valence-corrected chi connectivity index (χ3v) is 6.46. The van der Waals surface area contributed by atoms with Crippen molar-refractivity contribution in [2.45, 2.75) is 72.0 Å². The number of amides is 2. The molecule has 0 aliphatic heterocycles. The number of aryl methyl sites for hydroxylation is 3. The van der Waals surface area contributed by atoms with Gasteiger partial charge in [0.2, 0.25) is 11.8 Å². The van der Waals surface area contributed by atoms with Gasteiger partial charge in [-0.1, -0.05) is 96.9 Å². The number of nitrogens with zero attached hydrogens (tertiary/aromatic N) is 1. The van der Waals surface area contributed by atoms with Gasteiger partial charge in [0, 0.05) is 25.4 Å². The minimum atomic E-state index is -0.586. The van der Waals surface area contributed by atoms with E-state index in [2.05, 4.69) is 42.6 Å². The first-order valence-electron chi connectivity index (χ1n) is 12.6.